The van der Waals surface area contributed by atoms with Gasteiger partial charge in [0.2, 0.25) is 0 Å². The molecule has 0 aromatic rings. The third-order valence-electron chi connectivity index (χ3n) is 0.577. The van der Waals surface area contributed by atoms with Gasteiger partial charge in [-0.2, -0.15) is 0 Å². The first-order valence-corrected chi connectivity index (χ1v) is 2.34. The lowest BCUT2D eigenvalue weighted by atomic mass is 10.6. The third kappa shape index (κ3) is 9.34. The highest BCUT2D eigenvalue weighted by Crippen LogP contribution is 1.54. The summed E-state index contributed by atoms with van der Waals surface area (Å²) in [5.74, 6) is 0. The zero-order valence-electron chi connectivity index (χ0n) is 4.22. The van der Waals surface area contributed by atoms with E-state index in [1.165, 1.54) is 0 Å². The monoisotopic (exact) mass is 119 g/mol. The quantitative estimate of drug-likeness (QED) is 0.280. The van der Waals surface area contributed by atoms with Crippen molar-refractivity contribution in [3.05, 3.63) is 0 Å². The highest BCUT2D eigenvalue weighted by Gasteiger charge is 1.78. The first-order valence-electron chi connectivity index (χ1n) is 2.34. The van der Waals surface area contributed by atoms with Crippen molar-refractivity contribution < 1.29 is 10.2 Å². The Balaban J connectivity index is 0. The highest BCUT2D eigenvalue weighted by molar-refractivity contribution is 5.75. The summed E-state index contributed by atoms with van der Waals surface area (Å²) < 4.78 is 0. The largest absolute Gasteiger partial charge is 0.395 e. The van der Waals surface area contributed by atoms with E-state index >= 15 is 0 Å². The Bertz CT molecular complexity index is 33.2. The third-order valence-corrected chi connectivity index (χ3v) is 0.577. The lowest BCUT2D eigenvalue weighted by Crippen LogP contribution is -2.21. The molecule has 0 saturated carbocycles. The predicted molar refractivity (Wildman–Crippen MR) is 37.0 cm³/mol. The molecule has 0 unspecified atom stereocenters. The molecule has 0 aliphatic rings. The second kappa shape index (κ2) is 10.0. The molecule has 3 nitrogen and oxygen atoms in total. The van der Waals surface area contributed by atoms with E-state index in [0.717, 1.165) is 0 Å². The molecule has 3 N–H and O–H groups in total. The van der Waals surface area contributed by atoms with Crippen LogP contribution in [0.4, 0.5) is 0 Å². The van der Waals surface area contributed by atoms with Crippen molar-refractivity contribution in [2.45, 2.75) is 0 Å². The Labute approximate surface area is 51.3 Å². The standard InChI is InChI=1S/C4H11NO2.BH3/c6-3-1-5-2-4-7;/h5-7H,1-4H2;1H3. The Hall–Kier alpha value is -0.0551. The average Bonchev–Trinajstić information content (AvgIpc) is 1.69. The first kappa shape index (κ1) is 10.8. The van der Waals surface area contributed by atoms with Crippen LogP contribution in [0, 0.1) is 0 Å². The minimum atomic E-state index is 0. The fourth-order valence-corrected chi connectivity index (χ4v) is 0.283. The molecule has 0 saturated heterocycles. The Morgan fingerprint density at radius 2 is 1.38 bits per heavy atom. The summed E-state index contributed by atoms with van der Waals surface area (Å²) in [7, 11) is 0. The molecule has 0 aromatic heterocycles. The molecule has 0 aliphatic carbocycles. The van der Waals surface area contributed by atoms with Crippen molar-refractivity contribution in [1.82, 2.24) is 5.32 Å². The van der Waals surface area contributed by atoms with E-state index in [1.54, 1.807) is 0 Å². The van der Waals surface area contributed by atoms with E-state index in [-0.39, 0.29) is 21.6 Å². The molecule has 0 spiro atoms. The van der Waals surface area contributed by atoms with Crippen LogP contribution in [-0.4, -0.2) is 44.9 Å². The zero-order valence-corrected chi connectivity index (χ0v) is 4.22. The van der Waals surface area contributed by atoms with Crippen molar-refractivity contribution in [3.63, 3.8) is 0 Å². The maximum absolute atomic E-state index is 8.15. The summed E-state index contributed by atoms with van der Waals surface area (Å²) in [5.41, 5.74) is 0. The molecule has 0 radical (unpaired) electrons. The molecule has 0 aromatic carbocycles. The normalized spacial score (nSPS) is 8.25. The summed E-state index contributed by atoms with van der Waals surface area (Å²) in [6.07, 6.45) is 0. The van der Waals surface area contributed by atoms with Crippen LogP contribution in [0.1, 0.15) is 0 Å². The van der Waals surface area contributed by atoms with Gasteiger partial charge in [-0.3, -0.25) is 0 Å². The predicted octanol–water partition coefficient (Wildman–Crippen LogP) is -2.62. The van der Waals surface area contributed by atoms with Gasteiger partial charge in [0.05, 0.1) is 21.6 Å². The maximum Gasteiger partial charge on any atom is 0.0814 e. The molecule has 50 valence electrons. The lowest BCUT2D eigenvalue weighted by Gasteiger charge is -1.94. The van der Waals surface area contributed by atoms with Gasteiger partial charge in [-0.25, -0.2) is 0 Å². The van der Waals surface area contributed by atoms with Crippen LogP contribution in [-0.2, 0) is 0 Å². The van der Waals surface area contributed by atoms with Crippen LogP contribution in [0.3, 0.4) is 0 Å². The Kier molecular flexibility index (Phi) is 13.6. The second-order valence-corrected chi connectivity index (χ2v) is 1.20. The minimum absolute atomic E-state index is 0. The molecule has 4 heteroatoms. The number of aliphatic hydroxyl groups is 2. The van der Waals surface area contributed by atoms with Crippen molar-refractivity contribution >= 4 is 8.41 Å². The fourth-order valence-electron chi connectivity index (χ4n) is 0.283. The Morgan fingerprint density at radius 1 is 1.00 bits per heavy atom. The van der Waals surface area contributed by atoms with Crippen LogP contribution < -0.4 is 5.32 Å². The van der Waals surface area contributed by atoms with Crippen LogP contribution >= 0.6 is 0 Å². The van der Waals surface area contributed by atoms with Gasteiger partial charge in [-0.05, 0) is 0 Å². The smallest absolute Gasteiger partial charge is 0.0814 e. The van der Waals surface area contributed by atoms with Crippen molar-refractivity contribution in [2.24, 2.45) is 0 Å². The van der Waals surface area contributed by atoms with Crippen LogP contribution in [0.15, 0.2) is 0 Å². The molecular weight excluding hydrogens is 105 g/mol. The maximum atomic E-state index is 8.15. The molecule has 0 fully saturated rings. The summed E-state index contributed by atoms with van der Waals surface area (Å²) in [4.78, 5) is 0. The SMILES string of the molecule is B.OCCNCCO. The zero-order chi connectivity index (χ0) is 5.54. The van der Waals surface area contributed by atoms with Gasteiger partial charge in [0.1, 0.15) is 0 Å². The van der Waals surface area contributed by atoms with Crippen molar-refractivity contribution in [2.75, 3.05) is 26.3 Å². The topological polar surface area (TPSA) is 52.5 Å². The number of rotatable bonds is 4. The van der Waals surface area contributed by atoms with E-state index in [0.29, 0.717) is 13.1 Å². The molecule has 0 heterocycles. The number of hydrogen-bond acceptors (Lipinski definition) is 3. The van der Waals surface area contributed by atoms with Crippen LogP contribution in [0.5, 0.6) is 0 Å². The molecule has 0 atom stereocenters. The molecular formula is C4H14BNO2. The minimum Gasteiger partial charge on any atom is -0.395 e. The van der Waals surface area contributed by atoms with Gasteiger partial charge in [0.25, 0.3) is 0 Å². The van der Waals surface area contributed by atoms with Crippen molar-refractivity contribution in [3.8, 4) is 0 Å². The van der Waals surface area contributed by atoms with E-state index in [2.05, 4.69) is 5.32 Å². The molecule has 0 rings (SSSR count). The van der Waals surface area contributed by atoms with Gasteiger partial charge in [-0.15, -0.1) is 0 Å². The van der Waals surface area contributed by atoms with Crippen molar-refractivity contribution in [1.29, 1.82) is 0 Å². The molecule has 0 aliphatic heterocycles. The Morgan fingerprint density at radius 3 is 1.62 bits per heavy atom. The molecule has 0 amide bonds. The number of hydrogen-bond donors (Lipinski definition) is 3. The average molecular weight is 119 g/mol. The van der Waals surface area contributed by atoms with E-state index in [4.69, 9.17) is 10.2 Å². The van der Waals surface area contributed by atoms with Gasteiger partial charge < -0.3 is 15.5 Å². The van der Waals surface area contributed by atoms with Gasteiger partial charge in [0, 0.05) is 13.1 Å². The van der Waals surface area contributed by atoms with Gasteiger partial charge >= 0.3 is 0 Å². The molecule has 0 bridgehead atoms. The summed E-state index contributed by atoms with van der Waals surface area (Å²) >= 11 is 0. The van der Waals surface area contributed by atoms with Crippen LogP contribution in [0.2, 0.25) is 0 Å². The highest BCUT2D eigenvalue weighted by atomic mass is 16.3. The van der Waals surface area contributed by atoms with E-state index < -0.39 is 0 Å². The summed E-state index contributed by atoms with van der Waals surface area (Å²) in [6.45, 7) is 1.42. The van der Waals surface area contributed by atoms with Gasteiger partial charge in [0.15, 0.2) is 0 Å². The first-order chi connectivity index (χ1) is 3.41. The summed E-state index contributed by atoms with van der Waals surface area (Å²) in [5, 5.41) is 19.1. The molecule has 8 heavy (non-hydrogen) atoms. The number of nitrogens with one attached hydrogen (secondary N) is 1. The van der Waals surface area contributed by atoms with E-state index in [9.17, 15) is 0 Å². The summed E-state index contributed by atoms with van der Waals surface area (Å²) in [6, 6.07) is 0. The second-order valence-electron chi connectivity index (χ2n) is 1.20. The fraction of sp³-hybridized carbons (Fsp3) is 1.00. The van der Waals surface area contributed by atoms with E-state index in [1.807, 2.05) is 0 Å². The number of aliphatic hydroxyl groups excluding tert-OH is 2. The van der Waals surface area contributed by atoms with Gasteiger partial charge in [-0.1, -0.05) is 0 Å². The lowest BCUT2D eigenvalue weighted by molar-refractivity contribution is 0.267. The van der Waals surface area contributed by atoms with Crippen LogP contribution in [0.25, 0.3) is 0 Å².